The number of methoxy groups -OCH3 is 2. The molecule has 3 aliphatic rings. The predicted molar refractivity (Wildman–Crippen MR) is 256 cm³/mol. The zero-order chi connectivity index (χ0) is 51.1. The summed E-state index contributed by atoms with van der Waals surface area (Å²) >= 11 is 0. The molecule has 0 radical (unpaired) electrons. The van der Waals surface area contributed by atoms with Gasteiger partial charge in [-0.15, -0.1) is 6.58 Å². The van der Waals surface area contributed by atoms with Crippen LogP contribution in [0.2, 0.25) is 0 Å². The maximum Gasteiger partial charge on any atom is 0.421 e. The van der Waals surface area contributed by atoms with E-state index in [-0.39, 0.29) is 54.4 Å². The van der Waals surface area contributed by atoms with E-state index in [2.05, 4.69) is 23.7 Å². The van der Waals surface area contributed by atoms with Crippen LogP contribution in [0.4, 0.5) is 16.2 Å². The molecule has 5 aromatic rings. The molecule has 0 saturated carbocycles. The average Bonchev–Trinajstić information content (AvgIpc) is 3.86. The fourth-order valence-electron chi connectivity index (χ4n) is 9.91. The number of benzene rings is 5. The fraction of sp³-hybridized carbons (Fsp3) is 0.259. The van der Waals surface area contributed by atoms with E-state index in [4.69, 9.17) is 23.7 Å². The number of ether oxygens (including phenoxy) is 5. The third kappa shape index (κ3) is 9.26. The minimum atomic E-state index is -2.23. The zero-order valence-corrected chi connectivity index (χ0v) is 39.0. The molecule has 3 amide bonds. The topological polar surface area (TPSA) is 230 Å². The summed E-state index contributed by atoms with van der Waals surface area (Å²) < 4.78 is 27.9. The Balaban J connectivity index is 1.41. The average molecular weight is 977 g/mol. The Morgan fingerprint density at radius 3 is 2.18 bits per heavy atom. The molecule has 18 heteroatoms. The molecule has 368 valence electrons. The number of nitro groups is 1. The standard InChI is InChI=1S/C54H48N4O14/c1-4-27-55-48(60)43-45-51(63)72-46(36-16-9-6-10-17-36)44(35-14-7-5-8-15-35)57(45)47(37-18-12-19-39(31-37)70-29-28-59)54(43)41-30-33(13-11-20-40(49(61)68-2)50(62)69-3)23-26-42(41)56(52(54)64)53(65)71-32-34-21-24-38(25-22-34)58(66)67/h4-10,12,14-19,21-26,30-31,40,43-47,59H,1,20,27-29,32H2,2-3H3,(H,55,60). The van der Waals surface area contributed by atoms with Crippen LogP contribution >= 0.6 is 0 Å². The minimum Gasteiger partial charge on any atom is -0.491 e. The van der Waals surface area contributed by atoms with Gasteiger partial charge in [0.2, 0.25) is 11.8 Å². The number of hydrogen-bond acceptors (Lipinski definition) is 15. The fourth-order valence-corrected chi connectivity index (χ4v) is 9.91. The van der Waals surface area contributed by atoms with Crippen LogP contribution in [0, 0.1) is 33.8 Å². The highest BCUT2D eigenvalue weighted by molar-refractivity contribution is 6.23. The van der Waals surface area contributed by atoms with E-state index in [1.807, 2.05) is 41.3 Å². The van der Waals surface area contributed by atoms with Crippen molar-refractivity contribution in [1.82, 2.24) is 10.2 Å². The molecule has 0 aromatic heterocycles. The van der Waals surface area contributed by atoms with Crippen molar-refractivity contribution in [2.75, 3.05) is 38.9 Å². The first-order valence-electron chi connectivity index (χ1n) is 22.7. The highest BCUT2D eigenvalue weighted by Gasteiger charge is 2.75. The number of fused-ring (bicyclic) bond motifs is 3. The summed E-state index contributed by atoms with van der Waals surface area (Å²) in [6.45, 7) is 2.83. The number of carbonyl (C=O) groups is 6. The van der Waals surface area contributed by atoms with E-state index in [1.54, 1.807) is 48.5 Å². The molecule has 2 fully saturated rings. The number of esters is 3. The van der Waals surface area contributed by atoms with Gasteiger partial charge in [-0.2, -0.15) is 0 Å². The Morgan fingerprint density at radius 2 is 1.54 bits per heavy atom. The van der Waals surface area contributed by atoms with Gasteiger partial charge in [-0.3, -0.25) is 39.0 Å². The lowest BCUT2D eigenvalue weighted by Gasteiger charge is -2.46. The van der Waals surface area contributed by atoms with Gasteiger partial charge in [0.05, 0.1) is 49.4 Å². The van der Waals surface area contributed by atoms with Crippen LogP contribution in [0.5, 0.6) is 5.75 Å². The lowest BCUT2D eigenvalue weighted by molar-refractivity contribution is -0.384. The van der Waals surface area contributed by atoms with Gasteiger partial charge in [0.1, 0.15) is 36.5 Å². The monoisotopic (exact) mass is 976 g/mol. The summed E-state index contributed by atoms with van der Waals surface area (Å²) in [6, 6.07) is 30.8. The number of nitrogens with one attached hydrogen (secondary N) is 1. The number of nitro benzene ring substituents is 1. The Hall–Kier alpha value is -8.66. The number of aliphatic hydroxyl groups excluding tert-OH is 1. The summed E-state index contributed by atoms with van der Waals surface area (Å²) in [6.07, 6.45) is -1.09. The molecule has 5 aromatic carbocycles. The van der Waals surface area contributed by atoms with E-state index in [1.165, 1.54) is 48.5 Å². The maximum absolute atomic E-state index is 16.4. The van der Waals surface area contributed by atoms with Crippen molar-refractivity contribution >= 4 is 47.2 Å². The lowest BCUT2D eigenvalue weighted by atomic mass is 9.65. The number of anilines is 1. The maximum atomic E-state index is 16.4. The largest absolute Gasteiger partial charge is 0.491 e. The second kappa shape index (κ2) is 21.5. The second-order valence-electron chi connectivity index (χ2n) is 16.9. The molecule has 6 unspecified atom stereocenters. The Kier molecular flexibility index (Phi) is 14.9. The molecule has 72 heavy (non-hydrogen) atoms. The van der Waals surface area contributed by atoms with Crippen molar-refractivity contribution < 1.29 is 62.5 Å². The third-order valence-electron chi connectivity index (χ3n) is 12.9. The summed E-state index contributed by atoms with van der Waals surface area (Å²) in [7, 11) is 2.24. The summed E-state index contributed by atoms with van der Waals surface area (Å²) in [4.78, 5) is 101. The number of morpholine rings is 1. The van der Waals surface area contributed by atoms with E-state index in [0.29, 0.717) is 22.3 Å². The van der Waals surface area contributed by atoms with Gasteiger partial charge in [-0.05, 0) is 70.3 Å². The zero-order valence-electron chi connectivity index (χ0n) is 39.0. The normalized spacial score (nSPS) is 20.8. The summed E-state index contributed by atoms with van der Waals surface area (Å²) in [5.74, 6) is -1.31. The third-order valence-corrected chi connectivity index (χ3v) is 12.9. The van der Waals surface area contributed by atoms with Gasteiger partial charge in [-0.1, -0.05) is 90.7 Å². The molecule has 3 aliphatic heterocycles. The number of carbonyl (C=O) groups excluding carboxylic acids is 6. The van der Waals surface area contributed by atoms with Crippen LogP contribution in [0.25, 0.3) is 0 Å². The Labute approximate surface area is 413 Å². The van der Waals surface area contributed by atoms with E-state index in [0.717, 1.165) is 19.1 Å². The highest BCUT2D eigenvalue weighted by Crippen LogP contribution is 2.66. The van der Waals surface area contributed by atoms with Crippen molar-refractivity contribution in [2.45, 2.75) is 42.7 Å². The van der Waals surface area contributed by atoms with Gasteiger partial charge in [0, 0.05) is 30.7 Å². The van der Waals surface area contributed by atoms with E-state index >= 15 is 14.4 Å². The van der Waals surface area contributed by atoms with Crippen LogP contribution in [0.3, 0.4) is 0 Å². The van der Waals surface area contributed by atoms with Crippen molar-refractivity contribution in [3.05, 3.63) is 184 Å². The van der Waals surface area contributed by atoms with Gasteiger partial charge in [0.15, 0.2) is 5.92 Å². The van der Waals surface area contributed by atoms with Crippen molar-refractivity contribution in [3.8, 4) is 17.6 Å². The number of hydrogen-bond donors (Lipinski definition) is 2. The quantitative estimate of drug-likeness (QED) is 0.0234. The van der Waals surface area contributed by atoms with Crippen LogP contribution in [-0.2, 0) is 54.9 Å². The number of rotatable bonds is 15. The van der Waals surface area contributed by atoms with Crippen LogP contribution in [-0.4, -0.2) is 90.8 Å². The smallest absolute Gasteiger partial charge is 0.421 e. The highest BCUT2D eigenvalue weighted by atomic mass is 16.6. The summed E-state index contributed by atoms with van der Waals surface area (Å²) in [5.41, 5.74) is -0.169. The first kappa shape index (κ1) is 49.8. The first-order chi connectivity index (χ1) is 34.9. The predicted octanol–water partition coefficient (Wildman–Crippen LogP) is 5.97. The minimum absolute atomic E-state index is 0.0236. The molecule has 0 bridgehead atoms. The number of aliphatic hydroxyl groups is 1. The Morgan fingerprint density at radius 1 is 0.875 bits per heavy atom. The summed E-state index contributed by atoms with van der Waals surface area (Å²) in [5, 5.41) is 24.0. The van der Waals surface area contributed by atoms with Gasteiger partial charge in [-0.25, -0.2) is 9.69 Å². The molecule has 3 heterocycles. The molecule has 18 nitrogen and oxygen atoms in total. The molecule has 2 N–H and O–H groups in total. The molecule has 6 atom stereocenters. The molecular weight excluding hydrogens is 929 g/mol. The van der Waals surface area contributed by atoms with Crippen LogP contribution < -0.4 is 15.0 Å². The lowest BCUT2D eigenvalue weighted by Crippen LogP contribution is -2.55. The van der Waals surface area contributed by atoms with Gasteiger partial charge < -0.3 is 34.1 Å². The number of imide groups is 1. The second-order valence-corrected chi connectivity index (χ2v) is 16.9. The number of nitrogens with zero attached hydrogens (tertiary/aromatic N) is 3. The molecule has 2 saturated heterocycles. The molecule has 1 spiro atoms. The van der Waals surface area contributed by atoms with Crippen LogP contribution in [0.15, 0.2) is 140 Å². The van der Waals surface area contributed by atoms with E-state index < -0.39 is 88.8 Å². The Bertz CT molecular complexity index is 2960. The van der Waals surface area contributed by atoms with Crippen molar-refractivity contribution in [1.29, 1.82) is 0 Å². The number of amides is 3. The molecule has 0 aliphatic carbocycles. The van der Waals surface area contributed by atoms with E-state index in [9.17, 15) is 29.6 Å². The van der Waals surface area contributed by atoms with Crippen molar-refractivity contribution in [3.63, 3.8) is 0 Å². The number of cyclic esters (lactones) is 1. The van der Waals surface area contributed by atoms with Crippen LogP contribution in [0.1, 0.15) is 58.0 Å². The molecular formula is C54H48N4O14. The van der Waals surface area contributed by atoms with Gasteiger partial charge >= 0.3 is 24.0 Å². The number of non-ortho nitro benzene ring substituents is 1. The molecule has 8 rings (SSSR count). The first-order valence-corrected chi connectivity index (χ1v) is 22.7. The SMILES string of the molecule is C=CCNC(=O)C1C2C(=O)OC(c3ccccc3)C(c3ccccc3)N2C(c2cccc(OCCO)c2)C12C(=O)N(C(=O)OCc1ccc([N+](=O)[O-])cc1)c1ccc(C#CCC(C(=O)OC)C(=O)OC)cc12. The van der Waals surface area contributed by atoms with Gasteiger partial charge in [0.25, 0.3) is 5.69 Å². The van der Waals surface area contributed by atoms with Crippen molar-refractivity contribution in [2.24, 2.45) is 11.8 Å².